The molecule has 0 aliphatic carbocycles. The molecule has 6 nitrogen and oxygen atoms in total. The zero-order valence-corrected chi connectivity index (χ0v) is 16.4. The summed E-state index contributed by atoms with van der Waals surface area (Å²) in [5, 5.41) is 4.31. The first kappa shape index (κ1) is 19.8. The van der Waals surface area contributed by atoms with Gasteiger partial charge in [-0.2, -0.15) is 5.10 Å². The number of carbonyl (C=O) groups is 1. The van der Waals surface area contributed by atoms with Gasteiger partial charge in [0.2, 0.25) is 0 Å². The fourth-order valence-corrected chi connectivity index (χ4v) is 3.35. The molecule has 3 rings (SSSR count). The summed E-state index contributed by atoms with van der Waals surface area (Å²) in [6.07, 6.45) is 5.86. The predicted molar refractivity (Wildman–Crippen MR) is 99.6 cm³/mol. The molecule has 3 heterocycles. The van der Waals surface area contributed by atoms with Crippen LogP contribution in [0.1, 0.15) is 53.5 Å². The van der Waals surface area contributed by atoms with E-state index in [0.717, 1.165) is 45.6 Å². The van der Waals surface area contributed by atoms with Crippen molar-refractivity contribution in [3.8, 4) is 0 Å². The Hall–Kier alpha value is -1.56. The fourth-order valence-electron chi connectivity index (χ4n) is 3.35. The van der Waals surface area contributed by atoms with E-state index >= 15 is 0 Å². The van der Waals surface area contributed by atoms with Crippen LogP contribution in [0, 0.1) is 5.92 Å². The second kappa shape index (κ2) is 8.70. The predicted octanol–water partition coefficient (Wildman–Crippen LogP) is 3.41. The number of aromatic nitrogens is 2. The molecule has 0 bridgehead atoms. The van der Waals surface area contributed by atoms with Gasteiger partial charge in [-0.3, -0.25) is 9.58 Å². The van der Waals surface area contributed by atoms with Crippen molar-refractivity contribution in [3.63, 3.8) is 0 Å². The van der Waals surface area contributed by atoms with Gasteiger partial charge in [0, 0.05) is 45.1 Å². The van der Waals surface area contributed by atoms with Crippen molar-refractivity contribution in [2.24, 2.45) is 5.92 Å². The number of amides is 1. The Bertz CT molecular complexity index is 510. The molecule has 1 aromatic heterocycles. The van der Waals surface area contributed by atoms with Gasteiger partial charge < -0.3 is 9.64 Å². The highest BCUT2D eigenvalue weighted by atomic mass is 16.6. The molecule has 0 N–H and O–H groups in total. The zero-order chi connectivity index (χ0) is 18.4. The maximum absolute atomic E-state index is 12.1. The maximum atomic E-state index is 12.1. The normalized spacial score (nSPS) is 19.8. The molecule has 2 fully saturated rings. The number of carbonyl (C=O) groups excluding carboxylic acids is 1. The van der Waals surface area contributed by atoms with E-state index < -0.39 is 5.60 Å². The average molecular weight is 351 g/mol. The Kier molecular flexibility index (Phi) is 6.87. The van der Waals surface area contributed by atoms with E-state index in [0.29, 0.717) is 12.0 Å². The largest absolute Gasteiger partial charge is 0.444 e. The Balaban J connectivity index is 0.00000109. The smallest absolute Gasteiger partial charge is 0.410 e. The first-order valence-corrected chi connectivity index (χ1v) is 9.60. The summed E-state index contributed by atoms with van der Waals surface area (Å²) >= 11 is 0. The number of hydrogen-bond acceptors (Lipinski definition) is 4. The molecule has 142 valence electrons. The van der Waals surface area contributed by atoms with Crippen LogP contribution in [0.4, 0.5) is 4.79 Å². The SMILES string of the molecule is CC.CC(C)(C)OC(=O)N1CCC(CN2CC(n3cccn3)C2)CC1. The van der Waals surface area contributed by atoms with Crippen molar-refractivity contribution in [2.45, 2.75) is 59.1 Å². The van der Waals surface area contributed by atoms with Crippen LogP contribution in [0.5, 0.6) is 0 Å². The standard InChI is InChI=1S/C17H28N4O2.C2H6/c1-17(2,3)23-16(22)20-9-5-14(6-10-20)11-19-12-15(13-19)21-8-4-7-18-21;1-2/h4,7-8,14-15H,5-6,9-13H2,1-3H3;1-2H3. The summed E-state index contributed by atoms with van der Waals surface area (Å²) < 4.78 is 7.51. The van der Waals surface area contributed by atoms with E-state index in [1.165, 1.54) is 0 Å². The highest BCUT2D eigenvalue weighted by Crippen LogP contribution is 2.26. The zero-order valence-electron chi connectivity index (χ0n) is 16.4. The van der Waals surface area contributed by atoms with Crippen LogP contribution in [0.25, 0.3) is 0 Å². The van der Waals surface area contributed by atoms with Crippen molar-refractivity contribution in [1.29, 1.82) is 0 Å². The highest BCUT2D eigenvalue weighted by molar-refractivity contribution is 5.68. The summed E-state index contributed by atoms with van der Waals surface area (Å²) in [6.45, 7) is 14.7. The third-order valence-corrected chi connectivity index (χ3v) is 4.62. The number of hydrogen-bond donors (Lipinski definition) is 0. The number of likely N-dealkylation sites (tertiary alicyclic amines) is 2. The lowest BCUT2D eigenvalue weighted by Crippen LogP contribution is -2.51. The molecule has 2 saturated heterocycles. The quantitative estimate of drug-likeness (QED) is 0.838. The monoisotopic (exact) mass is 350 g/mol. The van der Waals surface area contributed by atoms with E-state index in [4.69, 9.17) is 4.74 Å². The first-order valence-electron chi connectivity index (χ1n) is 9.60. The van der Waals surface area contributed by atoms with E-state index in [-0.39, 0.29) is 6.09 Å². The molecule has 0 saturated carbocycles. The summed E-state index contributed by atoms with van der Waals surface area (Å²) in [7, 11) is 0. The van der Waals surface area contributed by atoms with Crippen molar-refractivity contribution in [2.75, 3.05) is 32.7 Å². The van der Waals surface area contributed by atoms with Crippen molar-refractivity contribution < 1.29 is 9.53 Å². The van der Waals surface area contributed by atoms with Crippen LogP contribution in [-0.4, -0.2) is 64.0 Å². The Morgan fingerprint density at radius 2 is 1.84 bits per heavy atom. The maximum Gasteiger partial charge on any atom is 0.410 e. The summed E-state index contributed by atoms with van der Waals surface area (Å²) in [5.74, 6) is 0.687. The number of ether oxygens (including phenoxy) is 1. The van der Waals surface area contributed by atoms with Gasteiger partial charge in [-0.25, -0.2) is 4.79 Å². The number of piperidine rings is 1. The molecule has 2 aliphatic rings. The lowest BCUT2D eigenvalue weighted by Gasteiger charge is -2.42. The molecule has 0 atom stereocenters. The van der Waals surface area contributed by atoms with Gasteiger partial charge in [0.1, 0.15) is 5.60 Å². The molecule has 0 spiro atoms. The fraction of sp³-hybridized carbons (Fsp3) is 0.789. The van der Waals surface area contributed by atoms with E-state index in [9.17, 15) is 4.79 Å². The van der Waals surface area contributed by atoms with Crippen LogP contribution in [0.2, 0.25) is 0 Å². The lowest BCUT2D eigenvalue weighted by atomic mass is 9.94. The molecular weight excluding hydrogens is 316 g/mol. The topological polar surface area (TPSA) is 50.6 Å². The van der Waals surface area contributed by atoms with Crippen LogP contribution in [0.3, 0.4) is 0 Å². The minimum absolute atomic E-state index is 0.168. The lowest BCUT2D eigenvalue weighted by molar-refractivity contribution is 0.0134. The van der Waals surface area contributed by atoms with Crippen molar-refractivity contribution in [3.05, 3.63) is 18.5 Å². The summed E-state index contributed by atoms with van der Waals surface area (Å²) in [4.78, 5) is 16.4. The molecule has 2 aliphatic heterocycles. The number of nitrogens with zero attached hydrogens (tertiary/aromatic N) is 4. The van der Waals surface area contributed by atoms with Crippen LogP contribution >= 0.6 is 0 Å². The van der Waals surface area contributed by atoms with Gasteiger partial charge in [-0.1, -0.05) is 13.8 Å². The number of rotatable bonds is 3. The van der Waals surface area contributed by atoms with E-state index in [1.54, 1.807) is 0 Å². The van der Waals surface area contributed by atoms with Crippen molar-refractivity contribution >= 4 is 6.09 Å². The molecule has 1 amide bonds. The first-order chi connectivity index (χ1) is 11.9. The summed E-state index contributed by atoms with van der Waals surface area (Å²) in [6, 6.07) is 2.52. The molecule has 1 aromatic rings. The molecule has 0 aromatic carbocycles. The van der Waals surface area contributed by atoms with Gasteiger partial charge in [-0.15, -0.1) is 0 Å². The highest BCUT2D eigenvalue weighted by Gasteiger charge is 2.32. The third kappa shape index (κ3) is 5.73. The molecule has 6 heteroatoms. The molecular formula is C19H34N4O2. The van der Waals surface area contributed by atoms with Gasteiger partial charge in [0.05, 0.1) is 6.04 Å². The average Bonchev–Trinajstić information content (AvgIpc) is 3.05. The summed E-state index contributed by atoms with van der Waals surface area (Å²) in [5.41, 5.74) is -0.410. The minimum Gasteiger partial charge on any atom is -0.444 e. The van der Waals surface area contributed by atoms with Gasteiger partial charge in [-0.05, 0) is 45.6 Å². The Morgan fingerprint density at radius 1 is 1.20 bits per heavy atom. The van der Waals surface area contributed by atoms with E-state index in [2.05, 4.69) is 14.7 Å². The minimum atomic E-state index is -0.410. The van der Waals surface area contributed by atoms with Crippen LogP contribution in [-0.2, 0) is 4.74 Å². The van der Waals surface area contributed by atoms with Crippen LogP contribution in [0.15, 0.2) is 18.5 Å². The van der Waals surface area contributed by atoms with Gasteiger partial charge in [0.15, 0.2) is 0 Å². The molecule has 25 heavy (non-hydrogen) atoms. The Labute approximate surface area is 152 Å². The second-order valence-corrected chi connectivity index (χ2v) is 7.77. The second-order valence-electron chi connectivity index (χ2n) is 7.77. The van der Waals surface area contributed by atoms with E-state index in [1.807, 2.05) is 58.0 Å². The third-order valence-electron chi connectivity index (χ3n) is 4.62. The van der Waals surface area contributed by atoms with Crippen LogP contribution < -0.4 is 0 Å². The van der Waals surface area contributed by atoms with Gasteiger partial charge in [0.25, 0.3) is 0 Å². The molecule has 0 radical (unpaired) electrons. The van der Waals surface area contributed by atoms with Gasteiger partial charge >= 0.3 is 6.09 Å². The molecule has 0 unspecified atom stereocenters. The van der Waals surface area contributed by atoms with Crippen molar-refractivity contribution in [1.82, 2.24) is 19.6 Å². The Morgan fingerprint density at radius 3 is 2.36 bits per heavy atom.